The molecule has 0 aliphatic rings. The second kappa shape index (κ2) is 7.97. The van der Waals surface area contributed by atoms with Crippen LogP contribution < -0.4 is 16.0 Å². The first kappa shape index (κ1) is 15.7. The molecule has 1 aromatic rings. The van der Waals surface area contributed by atoms with Gasteiger partial charge in [-0.3, -0.25) is 14.9 Å². The smallest absolute Gasteiger partial charge is 0.251 e. The lowest BCUT2D eigenvalue weighted by atomic mass is 10.1. The minimum absolute atomic E-state index is 0.121. The van der Waals surface area contributed by atoms with Crippen LogP contribution in [0.4, 0.5) is 5.69 Å². The molecule has 0 unspecified atom stereocenters. The highest BCUT2D eigenvalue weighted by atomic mass is 16.2. The number of hydrogen-bond acceptors (Lipinski definition) is 3. The Hall–Kier alpha value is -2.32. The maximum absolute atomic E-state index is 11.7. The monoisotopic (exact) mass is 273 g/mol. The number of terminal acetylenes is 1. The number of rotatable bonds is 6. The molecule has 0 fully saturated rings. The van der Waals surface area contributed by atoms with Gasteiger partial charge in [-0.05, 0) is 37.6 Å². The van der Waals surface area contributed by atoms with Crippen LogP contribution in [0.1, 0.15) is 22.8 Å². The third-order valence-corrected chi connectivity index (χ3v) is 2.61. The van der Waals surface area contributed by atoms with E-state index in [1.165, 1.54) is 0 Å². The number of anilines is 1. The van der Waals surface area contributed by atoms with E-state index >= 15 is 0 Å². The number of carbonyl (C=O) groups excluding carboxylic acids is 2. The highest BCUT2D eigenvalue weighted by Gasteiger charge is 2.08. The highest BCUT2D eigenvalue weighted by Crippen LogP contribution is 2.16. The summed E-state index contributed by atoms with van der Waals surface area (Å²) in [6.45, 7) is 4.79. The second-order valence-corrected chi connectivity index (χ2v) is 4.25. The molecule has 0 radical (unpaired) electrons. The Morgan fingerprint density at radius 1 is 1.35 bits per heavy atom. The van der Waals surface area contributed by atoms with Gasteiger partial charge in [-0.25, -0.2) is 0 Å². The van der Waals surface area contributed by atoms with E-state index in [-0.39, 0.29) is 18.4 Å². The Balaban J connectivity index is 2.66. The van der Waals surface area contributed by atoms with Gasteiger partial charge in [0, 0.05) is 17.8 Å². The summed E-state index contributed by atoms with van der Waals surface area (Å²) in [6, 6.07) is 5.15. The summed E-state index contributed by atoms with van der Waals surface area (Å²) in [5.74, 6) is 2.10. The quantitative estimate of drug-likeness (QED) is 0.533. The van der Waals surface area contributed by atoms with Gasteiger partial charge in [-0.2, -0.15) is 0 Å². The Kier molecular flexibility index (Phi) is 6.27. The summed E-state index contributed by atoms with van der Waals surface area (Å²) in [5, 5.41) is 8.30. The molecule has 0 aliphatic heterocycles. The van der Waals surface area contributed by atoms with Crippen LogP contribution in [0.25, 0.3) is 0 Å². The summed E-state index contributed by atoms with van der Waals surface area (Å²) >= 11 is 0. The van der Waals surface area contributed by atoms with Gasteiger partial charge in [0.25, 0.3) is 5.91 Å². The van der Waals surface area contributed by atoms with Crippen LogP contribution in [-0.2, 0) is 4.79 Å². The van der Waals surface area contributed by atoms with Crippen molar-refractivity contribution in [2.24, 2.45) is 0 Å². The maximum atomic E-state index is 11.7. The SMILES string of the molecule is C#CCNCC(=O)Nc1ccc(C(=O)NCC)cc1C. The molecule has 5 heteroatoms. The normalized spacial score (nSPS) is 9.65. The Morgan fingerprint density at radius 2 is 2.10 bits per heavy atom. The number of amides is 2. The van der Waals surface area contributed by atoms with Crippen LogP contribution in [0.2, 0.25) is 0 Å². The molecule has 0 heterocycles. The van der Waals surface area contributed by atoms with E-state index in [0.717, 1.165) is 5.56 Å². The molecule has 5 nitrogen and oxygen atoms in total. The fourth-order valence-electron chi connectivity index (χ4n) is 1.65. The summed E-state index contributed by atoms with van der Waals surface area (Å²) < 4.78 is 0. The van der Waals surface area contributed by atoms with Crippen molar-refractivity contribution in [2.75, 3.05) is 25.0 Å². The van der Waals surface area contributed by atoms with E-state index in [2.05, 4.69) is 21.9 Å². The average molecular weight is 273 g/mol. The Labute approximate surface area is 119 Å². The predicted molar refractivity (Wildman–Crippen MR) is 79.5 cm³/mol. The molecule has 20 heavy (non-hydrogen) atoms. The van der Waals surface area contributed by atoms with E-state index in [0.29, 0.717) is 24.3 Å². The molecule has 0 saturated carbocycles. The molecule has 0 atom stereocenters. The van der Waals surface area contributed by atoms with Crippen LogP contribution in [0, 0.1) is 19.3 Å². The van der Waals surface area contributed by atoms with Gasteiger partial charge in [0.15, 0.2) is 0 Å². The summed E-state index contributed by atoms with van der Waals surface area (Å²) in [4.78, 5) is 23.3. The molecule has 1 rings (SSSR count). The van der Waals surface area contributed by atoms with E-state index in [9.17, 15) is 9.59 Å². The zero-order valence-corrected chi connectivity index (χ0v) is 11.7. The van der Waals surface area contributed by atoms with Gasteiger partial charge >= 0.3 is 0 Å². The van der Waals surface area contributed by atoms with E-state index in [1.54, 1.807) is 18.2 Å². The lowest BCUT2D eigenvalue weighted by molar-refractivity contribution is -0.115. The van der Waals surface area contributed by atoms with Crippen LogP contribution >= 0.6 is 0 Å². The Bertz CT molecular complexity index is 532. The molecule has 3 N–H and O–H groups in total. The maximum Gasteiger partial charge on any atom is 0.251 e. The van der Waals surface area contributed by atoms with Gasteiger partial charge in [0.1, 0.15) is 0 Å². The van der Waals surface area contributed by atoms with Crippen molar-refractivity contribution in [1.29, 1.82) is 0 Å². The van der Waals surface area contributed by atoms with Crippen LogP contribution in [0.3, 0.4) is 0 Å². The summed E-state index contributed by atoms with van der Waals surface area (Å²) in [6.07, 6.45) is 5.08. The Morgan fingerprint density at radius 3 is 2.70 bits per heavy atom. The third kappa shape index (κ3) is 4.75. The molecule has 2 amide bonds. The van der Waals surface area contributed by atoms with Crippen molar-refractivity contribution in [3.8, 4) is 12.3 Å². The fourth-order valence-corrected chi connectivity index (χ4v) is 1.65. The largest absolute Gasteiger partial charge is 0.352 e. The molecule has 0 spiro atoms. The van der Waals surface area contributed by atoms with Crippen LogP contribution in [0.5, 0.6) is 0 Å². The molecule has 0 saturated heterocycles. The van der Waals surface area contributed by atoms with Crippen molar-refractivity contribution in [1.82, 2.24) is 10.6 Å². The third-order valence-electron chi connectivity index (χ3n) is 2.61. The van der Waals surface area contributed by atoms with Gasteiger partial charge in [0.2, 0.25) is 5.91 Å². The number of aryl methyl sites for hydroxylation is 1. The first-order valence-corrected chi connectivity index (χ1v) is 6.41. The van der Waals surface area contributed by atoms with Crippen LogP contribution in [-0.4, -0.2) is 31.4 Å². The summed E-state index contributed by atoms with van der Waals surface area (Å²) in [7, 11) is 0. The van der Waals surface area contributed by atoms with Gasteiger partial charge < -0.3 is 10.6 Å². The zero-order chi connectivity index (χ0) is 15.0. The molecule has 1 aromatic carbocycles. The van der Waals surface area contributed by atoms with E-state index in [4.69, 9.17) is 6.42 Å². The number of hydrogen-bond donors (Lipinski definition) is 3. The van der Waals surface area contributed by atoms with Crippen molar-refractivity contribution in [2.45, 2.75) is 13.8 Å². The summed E-state index contributed by atoms with van der Waals surface area (Å²) in [5.41, 5.74) is 2.09. The number of benzene rings is 1. The van der Waals surface area contributed by atoms with Gasteiger partial charge in [0.05, 0.1) is 13.1 Å². The molecule has 0 aromatic heterocycles. The van der Waals surface area contributed by atoms with Crippen molar-refractivity contribution >= 4 is 17.5 Å². The lowest BCUT2D eigenvalue weighted by Crippen LogP contribution is -2.28. The number of carbonyl (C=O) groups is 2. The molecule has 106 valence electrons. The average Bonchev–Trinajstić information content (AvgIpc) is 2.41. The molecular weight excluding hydrogens is 254 g/mol. The van der Waals surface area contributed by atoms with Crippen molar-refractivity contribution < 1.29 is 9.59 Å². The lowest BCUT2D eigenvalue weighted by Gasteiger charge is -2.10. The highest BCUT2D eigenvalue weighted by molar-refractivity contribution is 5.96. The van der Waals surface area contributed by atoms with Crippen molar-refractivity contribution in [3.05, 3.63) is 29.3 Å². The second-order valence-electron chi connectivity index (χ2n) is 4.25. The fraction of sp³-hybridized carbons (Fsp3) is 0.333. The van der Waals surface area contributed by atoms with E-state index in [1.807, 2.05) is 13.8 Å². The van der Waals surface area contributed by atoms with E-state index < -0.39 is 0 Å². The topological polar surface area (TPSA) is 70.2 Å². The molecular formula is C15H19N3O2. The minimum Gasteiger partial charge on any atom is -0.352 e. The molecule has 0 bridgehead atoms. The first-order chi connectivity index (χ1) is 9.58. The number of nitrogens with one attached hydrogen (secondary N) is 3. The van der Waals surface area contributed by atoms with Crippen LogP contribution in [0.15, 0.2) is 18.2 Å². The van der Waals surface area contributed by atoms with Gasteiger partial charge in [-0.15, -0.1) is 6.42 Å². The van der Waals surface area contributed by atoms with Gasteiger partial charge in [-0.1, -0.05) is 5.92 Å². The molecule has 0 aliphatic carbocycles. The minimum atomic E-state index is -0.172. The van der Waals surface area contributed by atoms with Crippen molar-refractivity contribution in [3.63, 3.8) is 0 Å². The predicted octanol–water partition coefficient (Wildman–Crippen LogP) is 0.906. The standard InChI is InChI=1S/C15H19N3O2/c1-4-8-16-10-14(19)18-13-7-6-12(9-11(13)3)15(20)17-5-2/h1,6-7,9,16H,5,8,10H2,2-3H3,(H,17,20)(H,18,19). The first-order valence-electron chi connectivity index (χ1n) is 6.41. The zero-order valence-electron chi connectivity index (χ0n) is 11.7.